The fourth-order valence-corrected chi connectivity index (χ4v) is 1.91. The Kier molecular flexibility index (Phi) is 5.15. The highest BCUT2D eigenvalue weighted by atomic mass is 16.7. The SMILES string of the molecule is OCC1COC(CCCC2OCC(O)CO2)O1. The van der Waals surface area contributed by atoms with Crippen LogP contribution in [0.3, 0.4) is 0 Å². The predicted molar refractivity (Wildman–Crippen MR) is 57.2 cm³/mol. The Bertz CT molecular complexity index is 214. The maximum absolute atomic E-state index is 9.17. The van der Waals surface area contributed by atoms with E-state index >= 15 is 0 Å². The third-order valence-electron chi connectivity index (χ3n) is 2.84. The lowest BCUT2D eigenvalue weighted by atomic mass is 10.2. The molecule has 2 saturated heterocycles. The maximum Gasteiger partial charge on any atom is 0.158 e. The molecule has 2 unspecified atom stereocenters. The standard InChI is InChI=1S/C11H20O6/c12-4-9-7-16-11(17-9)3-1-2-10-14-5-8(13)6-15-10/h8-13H,1-7H2. The van der Waals surface area contributed by atoms with Gasteiger partial charge in [-0.15, -0.1) is 0 Å². The third-order valence-corrected chi connectivity index (χ3v) is 2.84. The first-order valence-electron chi connectivity index (χ1n) is 6.07. The van der Waals surface area contributed by atoms with E-state index in [2.05, 4.69) is 0 Å². The summed E-state index contributed by atoms with van der Waals surface area (Å²) in [5, 5.41) is 18.0. The molecule has 2 heterocycles. The zero-order valence-electron chi connectivity index (χ0n) is 9.79. The lowest BCUT2D eigenvalue weighted by molar-refractivity contribution is -0.219. The van der Waals surface area contributed by atoms with E-state index in [-0.39, 0.29) is 25.3 Å². The monoisotopic (exact) mass is 248 g/mol. The van der Waals surface area contributed by atoms with Crippen LogP contribution in [0.4, 0.5) is 0 Å². The molecular weight excluding hydrogens is 228 g/mol. The summed E-state index contributed by atoms with van der Waals surface area (Å²) in [5.74, 6) is 0. The number of aliphatic hydroxyl groups excluding tert-OH is 2. The second-order valence-electron chi connectivity index (χ2n) is 4.38. The molecule has 0 aromatic heterocycles. The number of ether oxygens (including phenoxy) is 4. The molecule has 2 aliphatic rings. The predicted octanol–water partition coefficient (Wildman–Crippen LogP) is -0.376. The summed E-state index contributed by atoms with van der Waals surface area (Å²) >= 11 is 0. The van der Waals surface area contributed by atoms with Crippen molar-refractivity contribution in [2.75, 3.05) is 26.4 Å². The zero-order valence-corrected chi connectivity index (χ0v) is 9.79. The molecule has 0 saturated carbocycles. The molecule has 0 aromatic carbocycles. The summed E-state index contributed by atoms with van der Waals surface area (Å²) in [6, 6.07) is 0. The van der Waals surface area contributed by atoms with Gasteiger partial charge in [0, 0.05) is 0 Å². The quantitative estimate of drug-likeness (QED) is 0.691. The van der Waals surface area contributed by atoms with Crippen molar-refractivity contribution in [3.05, 3.63) is 0 Å². The Hall–Kier alpha value is -0.240. The largest absolute Gasteiger partial charge is 0.394 e. The summed E-state index contributed by atoms with van der Waals surface area (Å²) in [4.78, 5) is 0. The van der Waals surface area contributed by atoms with E-state index in [0.29, 0.717) is 19.8 Å². The van der Waals surface area contributed by atoms with Gasteiger partial charge < -0.3 is 29.2 Å². The molecule has 2 fully saturated rings. The van der Waals surface area contributed by atoms with Gasteiger partial charge in [0.2, 0.25) is 0 Å². The van der Waals surface area contributed by atoms with E-state index in [1.165, 1.54) is 0 Å². The molecule has 2 rings (SSSR count). The van der Waals surface area contributed by atoms with Crippen LogP contribution >= 0.6 is 0 Å². The molecule has 0 spiro atoms. The zero-order chi connectivity index (χ0) is 12.1. The molecule has 6 nitrogen and oxygen atoms in total. The number of aliphatic hydroxyl groups is 2. The summed E-state index contributed by atoms with van der Waals surface area (Å²) in [6.45, 7) is 1.15. The van der Waals surface area contributed by atoms with E-state index < -0.39 is 6.10 Å². The molecule has 2 N–H and O–H groups in total. The van der Waals surface area contributed by atoms with Gasteiger partial charge in [-0.3, -0.25) is 0 Å². The summed E-state index contributed by atoms with van der Waals surface area (Å²) < 4.78 is 21.4. The van der Waals surface area contributed by atoms with E-state index in [0.717, 1.165) is 19.3 Å². The van der Waals surface area contributed by atoms with Crippen LogP contribution in [0.2, 0.25) is 0 Å². The minimum Gasteiger partial charge on any atom is -0.394 e. The van der Waals surface area contributed by atoms with Crippen LogP contribution in [0, 0.1) is 0 Å². The molecule has 2 aliphatic heterocycles. The summed E-state index contributed by atoms with van der Waals surface area (Å²) in [5.41, 5.74) is 0. The minimum atomic E-state index is -0.502. The molecule has 6 heteroatoms. The first kappa shape index (κ1) is 13.2. The summed E-state index contributed by atoms with van der Waals surface area (Å²) in [7, 11) is 0. The Balaban J connectivity index is 1.54. The van der Waals surface area contributed by atoms with Crippen molar-refractivity contribution in [2.24, 2.45) is 0 Å². The van der Waals surface area contributed by atoms with Crippen LogP contribution in [0.15, 0.2) is 0 Å². The minimum absolute atomic E-state index is 0.00321. The molecule has 0 bridgehead atoms. The van der Waals surface area contributed by atoms with Crippen molar-refractivity contribution < 1.29 is 29.2 Å². The van der Waals surface area contributed by atoms with Crippen LogP contribution in [0.5, 0.6) is 0 Å². The molecule has 17 heavy (non-hydrogen) atoms. The van der Waals surface area contributed by atoms with Gasteiger partial charge in [-0.05, 0) is 19.3 Å². The number of hydrogen-bond donors (Lipinski definition) is 2. The van der Waals surface area contributed by atoms with Crippen molar-refractivity contribution in [2.45, 2.75) is 44.1 Å². The van der Waals surface area contributed by atoms with Crippen molar-refractivity contribution in [1.82, 2.24) is 0 Å². The Morgan fingerprint density at radius 3 is 2.24 bits per heavy atom. The lowest BCUT2D eigenvalue weighted by Crippen LogP contribution is -2.35. The Labute approximate surface area is 100 Å². The van der Waals surface area contributed by atoms with Crippen molar-refractivity contribution >= 4 is 0 Å². The smallest absolute Gasteiger partial charge is 0.158 e. The summed E-state index contributed by atoms with van der Waals surface area (Å²) in [6.07, 6.45) is 1.26. The molecule has 2 atom stereocenters. The highest BCUT2D eigenvalue weighted by Gasteiger charge is 2.26. The van der Waals surface area contributed by atoms with Crippen LogP contribution in [-0.4, -0.2) is 61.4 Å². The van der Waals surface area contributed by atoms with Gasteiger partial charge in [0.1, 0.15) is 12.2 Å². The molecular formula is C11H20O6. The van der Waals surface area contributed by atoms with Gasteiger partial charge in [-0.1, -0.05) is 0 Å². The fourth-order valence-electron chi connectivity index (χ4n) is 1.91. The Morgan fingerprint density at radius 2 is 1.59 bits per heavy atom. The second kappa shape index (κ2) is 6.63. The van der Waals surface area contributed by atoms with Gasteiger partial charge in [-0.2, -0.15) is 0 Å². The van der Waals surface area contributed by atoms with E-state index in [1.807, 2.05) is 0 Å². The van der Waals surface area contributed by atoms with E-state index in [9.17, 15) is 0 Å². The number of rotatable bonds is 5. The van der Waals surface area contributed by atoms with Gasteiger partial charge in [0.15, 0.2) is 12.6 Å². The van der Waals surface area contributed by atoms with Crippen LogP contribution in [-0.2, 0) is 18.9 Å². The number of hydrogen-bond acceptors (Lipinski definition) is 6. The van der Waals surface area contributed by atoms with Crippen molar-refractivity contribution in [3.8, 4) is 0 Å². The van der Waals surface area contributed by atoms with E-state index in [1.54, 1.807) is 0 Å². The highest BCUT2D eigenvalue weighted by molar-refractivity contribution is 4.65. The van der Waals surface area contributed by atoms with Gasteiger partial charge in [0.05, 0.1) is 26.4 Å². The molecule has 0 amide bonds. The first-order chi connectivity index (χ1) is 8.28. The van der Waals surface area contributed by atoms with Crippen LogP contribution in [0.25, 0.3) is 0 Å². The average Bonchev–Trinajstić information content (AvgIpc) is 2.80. The van der Waals surface area contributed by atoms with Crippen molar-refractivity contribution in [3.63, 3.8) is 0 Å². The third kappa shape index (κ3) is 4.17. The Morgan fingerprint density at radius 1 is 0.941 bits per heavy atom. The second-order valence-corrected chi connectivity index (χ2v) is 4.38. The van der Waals surface area contributed by atoms with Crippen LogP contribution in [0.1, 0.15) is 19.3 Å². The molecule has 100 valence electrons. The first-order valence-corrected chi connectivity index (χ1v) is 6.07. The van der Waals surface area contributed by atoms with E-state index in [4.69, 9.17) is 29.2 Å². The van der Waals surface area contributed by atoms with Gasteiger partial charge in [0.25, 0.3) is 0 Å². The molecule has 0 aromatic rings. The topological polar surface area (TPSA) is 77.4 Å². The van der Waals surface area contributed by atoms with Gasteiger partial charge in [-0.25, -0.2) is 0 Å². The fraction of sp³-hybridized carbons (Fsp3) is 1.00. The lowest BCUT2D eigenvalue weighted by Gasteiger charge is -2.26. The van der Waals surface area contributed by atoms with Gasteiger partial charge >= 0.3 is 0 Å². The molecule has 0 radical (unpaired) electrons. The maximum atomic E-state index is 9.17. The van der Waals surface area contributed by atoms with Crippen LogP contribution < -0.4 is 0 Å². The normalized spacial score (nSPS) is 38.5. The average molecular weight is 248 g/mol. The molecule has 0 aliphatic carbocycles. The van der Waals surface area contributed by atoms with Crippen molar-refractivity contribution in [1.29, 1.82) is 0 Å². The highest BCUT2D eigenvalue weighted by Crippen LogP contribution is 2.19.